The molecule has 0 saturated carbocycles. The van der Waals surface area contributed by atoms with Crippen LogP contribution >= 0.6 is 11.3 Å². The van der Waals surface area contributed by atoms with E-state index in [0.717, 1.165) is 10.4 Å². The molecule has 10 heteroatoms. The summed E-state index contributed by atoms with van der Waals surface area (Å²) < 4.78 is 19.7. The summed E-state index contributed by atoms with van der Waals surface area (Å²) in [5.41, 5.74) is 5.26. The highest BCUT2D eigenvalue weighted by atomic mass is 32.1. The Morgan fingerprint density at radius 2 is 1.93 bits per heavy atom. The number of benzene rings is 1. The molecule has 158 valence electrons. The van der Waals surface area contributed by atoms with Crippen molar-refractivity contribution >= 4 is 33.4 Å². The van der Waals surface area contributed by atoms with Crippen molar-refractivity contribution in [1.29, 1.82) is 0 Å². The first-order valence-electron chi connectivity index (χ1n) is 9.22. The standard InChI is InChI=1S/C20H21FN4O4S/c1-11-13(3)30-19-17(11)20(28)25(10-22-19)9-8-16(26)23-24-18(27)12(2)29-15-6-4-14(21)5-7-15/h4-7,10,12H,8-9H2,1-3H3,(H,23,26)(H,24,27). The number of nitrogens with zero attached hydrogens (tertiary/aromatic N) is 2. The fourth-order valence-corrected chi connectivity index (χ4v) is 3.70. The van der Waals surface area contributed by atoms with Crippen LogP contribution in [0.15, 0.2) is 35.4 Å². The van der Waals surface area contributed by atoms with Crippen LogP contribution < -0.4 is 21.1 Å². The molecule has 30 heavy (non-hydrogen) atoms. The Labute approximate surface area is 175 Å². The van der Waals surface area contributed by atoms with Crippen LogP contribution in [0.2, 0.25) is 0 Å². The maximum Gasteiger partial charge on any atom is 0.279 e. The fraction of sp³-hybridized carbons (Fsp3) is 0.300. The van der Waals surface area contributed by atoms with Gasteiger partial charge < -0.3 is 4.74 Å². The summed E-state index contributed by atoms with van der Waals surface area (Å²) in [4.78, 5) is 42.7. The average Bonchev–Trinajstić information content (AvgIpc) is 3.01. The second-order valence-electron chi connectivity index (χ2n) is 6.71. The second-order valence-corrected chi connectivity index (χ2v) is 7.91. The van der Waals surface area contributed by atoms with Crippen molar-refractivity contribution in [2.45, 2.75) is 39.8 Å². The molecule has 0 fully saturated rings. The van der Waals surface area contributed by atoms with Gasteiger partial charge in [0.1, 0.15) is 16.4 Å². The van der Waals surface area contributed by atoms with E-state index in [1.54, 1.807) is 0 Å². The smallest absolute Gasteiger partial charge is 0.279 e. The predicted octanol–water partition coefficient (Wildman–Crippen LogP) is 2.22. The van der Waals surface area contributed by atoms with Gasteiger partial charge in [-0.2, -0.15) is 0 Å². The van der Waals surface area contributed by atoms with E-state index in [1.807, 2.05) is 13.8 Å². The zero-order valence-electron chi connectivity index (χ0n) is 16.7. The Bertz CT molecular complexity index is 1140. The molecule has 2 amide bonds. The van der Waals surface area contributed by atoms with E-state index < -0.39 is 23.7 Å². The molecule has 8 nitrogen and oxygen atoms in total. The molecule has 2 N–H and O–H groups in total. The van der Waals surface area contributed by atoms with Crippen molar-refractivity contribution in [3.8, 4) is 5.75 Å². The molecule has 0 aliphatic carbocycles. The zero-order valence-corrected chi connectivity index (χ0v) is 17.5. The molecule has 0 spiro atoms. The molecular weight excluding hydrogens is 411 g/mol. The number of carbonyl (C=O) groups excluding carboxylic acids is 2. The minimum Gasteiger partial charge on any atom is -0.481 e. The van der Waals surface area contributed by atoms with Crippen molar-refractivity contribution in [2.75, 3.05) is 0 Å². The largest absolute Gasteiger partial charge is 0.481 e. The minimum atomic E-state index is -0.908. The van der Waals surface area contributed by atoms with Crippen molar-refractivity contribution in [3.05, 3.63) is 57.2 Å². The molecule has 0 radical (unpaired) electrons. The SMILES string of the molecule is Cc1sc2ncn(CCC(=O)NNC(=O)C(C)Oc3ccc(F)cc3)c(=O)c2c1C. The number of aryl methyl sites for hydroxylation is 3. The van der Waals surface area contributed by atoms with Gasteiger partial charge in [0.25, 0.3) is 11.5 Å². The Balaban J connectivity index is 1.51. The minimum absolute atomic E-state index is 0.0251. The van der Waals surface area contributed by atoms with Crippen LogP contribution in [0.5, 0.6) is 5.75 Å². The molecule has 0 bridgehead atoms. The third kappa shape index (κ3) is 4.82. The third-order valence-corrected chi connectivity index (χ3v) is 5.67. The van der Waals surface area contributed by atoms with Gasteiger partial charge in [0.2, 0.25) is 5.91 Å². The lowest BCUT2D eigenvalue weighted by molar-refractivity contribution is -0.132. The first-order valence-corrected chi connectivity index (χ1v) is 10.0. The molecule has 3 rings (SSSR count). The first kappa shape index (κ1) is 21.4. The van der Waals surface area contributed by atoms with Crippen molar-refractivity contribution in [3.63, 3.8) is 0 Å². The molecule has 1 atom stereocenters. The van der Waals surface area contributed by atoms with Gasteiger partial charge in [0.15, 0.2) is 6.10 Å². The number of carbonyl (C=O) groups is 2. The summed E-state index contributed by atoms with van der Waals surface area (Å²) in [5.74, 6) is -1.13. The molecule has 3 aromatic rings. The lowest BCUT2D eigenvalue weighted by Crippen LogP contribution is -2.47. The Hall–Kier alpha value is -3.27. The highest BCUT2D eigenvalue weighted by molar-refractivity contribution is 7.18. The van der Waals surface area contributed by atoms with Gasteiger partial charge in [0, 0.05) is 17.8 Å². The summed E-state index contributed by atoms with van der Waals surface area (Å²) in [6, 6.07) is 5.23. The van der Waals surface area contributed by atoms with E-state index in [4.69, 9.17) is 4.74 Å². The number of nitrogens with one attached hydrogen (secondary N) is 2. The van der Waals surface area contributed by atoms with Crippen molar-refractivity contribution in [2.24, 2.45) is 0 Å². The van der Waals surface area contributed by atoms with E-state index >= 15 is 0 Å². The monoisotopic (exact) mass is 432 g/mol. The molecule has 0 aliphatic rings. The second kappa shape index (κ2) is 9.04. The summed E-state index contributed by atoms with van der Waals surface area (Å²) in [5, 5.41) is 0.570. The lowest BCUT2D eigenvalue weighted by atomic mass is 10.2. The summed E-state index contributed by atoms with van der Waals surface area (Å²) in [7, 11) is 0. The summed E-state index contributed by atoms with van der Waals surface area (Å²) in [6.45, 7) is 5.43. The number of ether oxygens (including phenoxy) is 1. The van der Waals surface area contributed by atoms with Crippen LogP contribution in [0.1, 0.15) is 23.8 Å². The van der Waals surface area contributed by atoms with Crippen molar-refractivity contribution in [1.82, 2.24) is 20.4 Å². The number of amides is 2. The van der Waals surface area contributed by atoms with Gasteiger partial charge in [-0.15, -0.1) is 11.3 Å². The molecule has 0 aliphatic heterocycles. The molecule has 2 aromatic heterocycles. The van der Waals surface area contributed by atoms with Gasteiger partial charge in [-0.25, -0.2) is 9.37 Å². The Kier molecular flexibility index (Phi) is 6.46. The van der Waals surface area contributed by atoms with Gasteiger partial charge in [0.05, 0.1) is 11.7 Å². The quantitative estimate of drug-likeness (QED) is 0.582. The van der Waals surface area contributed by atoms with E-state index in [0.29, 0.717) is 16.0 Å². The number of halogens is 1. The number of rotatable bonds is 6. The van der Waals surface area contributed by atoms with Gasteiger partial charge >= 0.3 is 0 Å². The van der Waals surface area contributed by atoms with Crippen molar-refractivity contribution < 1.29 is 18.7 Å². The molecule has 0 saturated heterocycles. The highest BCUT2D eigenvalue weighted by Gasteiger charge is 2.16. The average molecular weight is 432 g/mol. The number of hydrazine groups is 1. The van der Waals surface area contributed by atoms with Crippen LogP contribution in [0.25, 0.3) is 10.2 Å². The lowest BCUT2D eigenvalue weighted by Gasteiger charge is -2.15. The van der Waals surface area contributed by atoms with E-state index in [1.165, 1.54) is 53.4 Å². The van der Waals surface area contributed by atoms with Crippen LogP contribution in [0.3, 0.4) is 0 Å². The van der Waals surface area contributed by atoms with E-state index in [9.17, 15) is 18.8 Å². The third-order valence-electron chi connectivity index (χ3n) is 4.56. The maximum atomic E-state index is 12.9. The fourth-order valence-electron chi connectivity index (χ4n) is 2.72. The summed E-state index contributed by atoms with van der Waals surface area (Å²) in [6.07, 6.45) is 0.488. The number of aromatic nitrogens is 2. The number of fused-ring (bicyclic) bond motifs is 1. The number of hydrogen-bond acceptors (Lipinski definition) is 6. The molecular formula is C20H21FN4O4S. The molecule has 1 aromatic carbocycles. The maximum absolute atomic E-state index is 12.9. The number of hydrogen-bond donors (Lipinski definition) is 2. The van der Waals surface area contributed by atoms with Crippen LogP contribution in [-0.2, 0) is 16.1 Å². The summed E-state index contributed by atoms with van der Waals surface area (Å²) >= 11 is 1.46. The van der Waals surface area contributed by atoms with Crippen LogP contribution in [0.4, 0.5) is 4.39 Å². The van der Waals surface area contributed by atoms with Gasteiger partial charge in [-0.1, -0.05) is 0 Å². The van der Waals surface area contributed by atoms with Gasteiger partial charge in [-0.3, -0.25) is 29.8 Å². The van der Waals surface area contributed by atoms with E-state index in [2.05, 4.69) is 15.8 Å². The first-order chi connectivity index (χ1) is 14.3. The van der Waals surface area contributed by atoms with Crippen LogP contribution in [-0.4, -0.2) is 27.5 Å². The normalized spacial score (nSPS) is 11.9. The van der Waals surface area contributed by atoms with Gasteiger partial charge in [-0.05, 0) is 50.6 Å². The topological polar surface area (TPSA) is 102 Å². The number of thiophene rings is 1. The predicted molar refractivity (Wildman–Crippen MR) is 111 cm³/mol. The van der Waals surface area contributed by atoms with Crippen LogP contribution in [0, 0.1) is 19.7 Å². The Morgan fingerprint density at radius 3 is 2.63 bits per heavy atom. The molecule has 1 unspecified atom stereocenters. The van der Waals surface area contributed by atoms with E-state index in [-0.39, 0.29) is 18.5 Å². The Morgan fingerprint density at radius 1 is 1.23 bits per heavy atom. The zero-order chi connectivity index (χ0) is 21.8. The highest BCUT2D eigenvalue weighted by Crippen LogP contribution is 2.25. The molecule has 2 heterocycles.